The highest BCUT2D eigenvalue weighted by atomic mass is 16.2. The van der Waals surface area contributed by atoms with E-state index in [1.807, 2.05) is 47.4 Å². The van der Waals surface area contributed by atoms with Crippen LogP contribution in [0.3, 0.4) is 0 Å². The summed E-state index contributed by atoms with van der Waals surface area (Å²) in [6, 6.07) is 13.3. The maximum absolute atomic E-state index is 12.7. The Morgan fingerprint density at radius 1 is 0.963 bits per heavy atom. The second kappa shape index (κ2) is 7.78. The van der Waals surface area contributed by atoms with E-state index in [-0.39, 0.29) is 17.7 Å². The van der Waals surface area contributed by atoms with Crippen molar-refractivity contribution in [1.29, 1.82) is 0 Å². The Bertz CT molecular complexity index is 803. The van der Waals surface area contributed by atoms with Gasteiger partial charge in [-0.15, -0.1) is 0 Å². The number of rotatable bonds is 4. The van der Waals surface area contributed by atoms with Gasteiger partial charge in [-0.05, 0) is 43.5 Å². The van der Waals surface area contributed by atoms with Gasteiger partial charge < -0.3 is 15.1 Å². The van der Waals surface area contributed by atoms with E-state index in [0.717, 1.165) is 56.0 Å². The van der Waals surface area contributed by atoms with Gasteiger partial charge in [0.15, 0.2) is 0 Å². The highest BCUT2D eigenvalue weighted by Gasteiger charge is 2.29. The zero-order chi connectivity index (χ0) is 18.6. The summed E-state index contributed by atoms with van der Waals surface area (Å²) in [5, 5.41) is 2.91. The van der Waals surface area contributed by atoms with Crippen LogP contribution in [0.15, 0.2) is 48.7 Å². The summed E-state index contributed by atoms with van der Waals surface area (Å²) in [6.07, 6.45) is 4.60. The SMILES string of the molecule is O=C(Nc1ccc(N2CCCN(C(=O)c3ccccc3)CC2)nc1)C1CC1. The van der Waals surface area contributed by atoms with Crippen LogP contribution in [-0.2, 0) is 4.79 Å². The van der Waals surface area contributed by atoms with Gasteiger partial charge in [-0.25, -0.2) is 4.98 Å². The third-order valence-corrected chi connectivity index (χ3v) is 5.09. The zero-order valence-electron chi connectivity index (χ0n) is 15.3. The fourth-order valence-electron chi connectivity index (χ4n) is 3.35. The molecule has 1 aliphatic heterocycles. The molecular weight excluding hydrogens is 340 g/mol. The Hall–Kier alpha value is -2.89. The molecule has 1 N–H and O–H groups in total. The highest BCUT2D eigenvalue weighted by molar-refractivity contribution is 5.94. The number of pyridine rings is 1. The molecule has 0 unspecified atom stereocenters. The normalized spacial score (nSPS) is 17.3. The largest absolute Gasteiger partial charge is 0.355 e. The van der Waals surface area contributed by atoms with Gasteiger partial charge in [0.1, 0.15) is 5.82 Å². The summed E-state index contributed by atoms with van der Waals surface area (Å²) in [4.78, 5) is 33.1. The van der Waals surface area contributed by atoms with E-state index in [4.69, 9.17) is 0 Å². The van der Waals surface area contributed by atoms with Gasteiger partial charge in [0, 0.05) is 37.7 Å². The molecule has 1 saturated heterocycles. The molecule has 1 aromatic carbocycles. The van der Waals surface area contributed by atoms with Gasteiger partial charge >= 0.3 is 0 Å². The van der Waals surface area contributed by atoms with Crippen LogP contribution in [0.25, 0.3) is 0 Å². The molecule has 2 aliphatic rings. The van der Waals surface area contributed by atoms with Crippen LogP contribution in [0, 0.1) is 5.92 Å². The van der Waals surface area contributed by atoms with Crippen LogP contribution >= 0.6 is 0 Å². The van der Waals surface area contributed by atoms with E-state index in [2.05, 4.69) is 15.2 Å². The molecule has 1 aromatic heterocycles. The van der Waals surface area contributed by atoms with Crippen LogP contribution in [0.1, 0.15) is 29.6 Å². The van der Waals surface area contributed by atoms with Crippen molar-refractivity contribution in [2.24, 2.45) is 5.92 Å². The zero-order valence-corrected chi connectivity index (χ0v) is 15.3. The minimum Gasteiger partial charge on any atom is -0.355 e. The average molecular weight is 364 g/mol. The first-order valence-corrected chi connectivity index (χ1v) is 9.57. The molecular formula is C21H24N4O2. The van der Waals surface area contributed by atoms with E-state index in [0.29, 0.717) is 6.54 Å². The summed E-state index contributed by atoms with van der Waals surface area (Å²) in [6.45, 7) is 3.04. The Morgan fingerprint density at radius 2 is 1.78 bits per heavy atom. The molecule has 140 valence electrons. The summed E-state index contributed by atoms with van der Waals surface area (Å²) < 4.78 is 0. The average Bonchev–Trinajstić information content (AvgIpc) is 3.56. The van der Waals surface area contributed by atoms with Gasteiger partial charge in [0.2, 0.25) is 5.91 Å². The fraction of sp³-hybridized carbons (Fsp3) is 0.381. The number of hydrogen-bond donors (Lipinski definition) is 1. The lowest BCUT2D eigenvalue weighted by Crippen LogP contribution is -2.35. The third kappa shape index (κ3) is 4.27. The van der Waals surface area contributed by atoms with Crippen molar-refractivity contribution in [1.82, 2.24) is 9.88 Å². The second-order valence-electron chi connectivity index (χ2n) is 7.17. The van der Waals surface area contributed by atoms with E-state index < -0.39 is 0 Å². The number of carbonyl (C=O) groups excluding carboxylic acids is 2. The van der Waals surface area contributed by atoms with Crippen molar-refractivity contribution >= 4 is 23.3 Å². The lowest BCUT2D eigenvalue weighted by molar-refractivity contribution is -0.117. The summed E-state index contributed by atoms with van der Waals surface area (Å²) in [5.74, 6) is 1.25. The van der Waals surface area contributed by atoms with Crippen molar-refractivity contribution in [3.05, 3.63) is 54.2 Å². The molecule has 27 heavy (non-hydrogen) atoms. The third-order valence-electron chi connectivity index (χ3n) is 5.09. The molecule has 2 heterocycles. The monoisotopic (exact) mass is 364 g/mol. The Morgan fingerprint density at radius 3 is 2.48 bits per heavy atom. The van der Waals surface area contributed by atoms with Gasteiger partial charge in [0.05, 0.1) is 11.9 Å². The van der Waals surface area contributed by atoms with Crippen molar-refractivity contribution in [3.63, 3.8) is 0 Å². The van der Waals surface area contributed by atoms with Crippen LogP contribution < -0.4 is 10.2 Å². The number of nitrogens with zero attached hydrogens (tertiary/aromatic N) is 3. The number of amides is 2. The minimum absolute atomic E-state index is 0.0866. The quantitative estimate of drug-likeness (QED) is 0.906. The van der Waals surface area contributed by atoms with Gasteiger partial charge in [-0.1, -0.05) is 18.2 Å². The van der Waals surface area contributed by atoms with Crippen molar-refractivity contribution in [3.8, 4) is 0 Å². The molecule has 1 saturated carbocycles. The Balaban J connectivity index is 1.36. The van der Waals surface area contributed by atoms with Gasteiger partial charge in [-0.2, -0.15) is 0 Å². The molecule has 0 spiro atoms. The summed E-state index contributed by atoms with van der Waals surface area (Å²) >= 11 is 0. The predicted octanol–water partition coefficient (Wildman–Crippen LogP) is 2.78. The highest BCUT2D eigenvalue weighted by Crippen LogP contribution is 2.30. The predicted molar refractivity (Wildman–Crippen MR) is 105 cm³/mol. The number of aromatic nitrogens is 1. The lowest BCUT2D eigenvalue weighted by Gasteiger charge is -2.23. The molecule has 4 rings (SSSR count). The second-order valence-corrected chi connectivity index (χ2v) is 7.17. The molecule has 2 aromatic rings. The molecule has 2 amide bonds. The molecule has 0 atom stereocenters. The van der Waals surface area contributed by atoms with Crippen molar-refractivity contribution < 1.29 is 9.59 Å². The maximum atomic E-state index is 12.7. The number of hydrogen-bond acceptors (Lipinski definition) is 4. The van der Waals surface area contributed by atoms with E-state index in [1.54, 1.807) is 6.20 Å². The summed E-state index contributed by atoms with van der Waals surface area (Å²) in [5.41, 5.74) is 1.48. The summed E-state index contributed by atoms with van der Waals surface area (Å²) in [7, 11) is 0. The number of nitrogens with one attached hydrogen (secondary N) is 1. The minimum atomic E-state index is 0.0866. The topological polar surface area (TPSA) is 65.5 Å². The van der Waals surface area contributed by atoms with E-state index >= 15 is 0 Å². The molecule has 0 radical (unpaired) electrons. The Kier molecular flexibility index (Phi) is 5.05. The molecule has 1 aliphatic carbocycles. The standard InChI is InChI=1S/C21H24N4O2/c26-20(16-7-8-16)23-18-9-10-19(22-15-18)24-11-4-12-25(14-13-24)21(27)17-5-2-1-3-6-17/h1-3,5-6,9-10,15-16H,4,7-8,11-14H2,(H,23,26). The number of benzene rings is 1. The molecule has 6 heteroatoms. The van der Waals surface area contributed by atoms with Crippen LogP contribution in [0.4, 0.5) is 11.5 Å². The maximum Gasteiger partial charge on any atom is 0.253 e. The molecule has 6 nitrogen and oxygen atoms in total. The smallest absolute Gasteiger partial charge is 0.253 e. The Labute approximate surface area is 159 Å². The fourth-order valence-corrected chi connectivity index (χ4v) is 3.35. The molecule has 2 fully saturated rings. The van der Waals surface area contributed by atoms with Gasteiger partial charge in [0.25, 0.3) is 5.91 Å². The lowest BCUT2D eigenvalue weighted by atomic mass is 10.2. The van der Waals surface area contributed by atoms with E-state index in [1.165, 1.54) is 0 Å². The molecule has 0 bridgehead atoms. The first-order valence-electron chi connectivity index (χ1n) is 9.57. The van der Waals surface area contributed by atoms with Crippen LogP contribution in [0.5, 0.6) is 0 Å². The van der Waals surface area contributed by atoms with E-state index in [9.17, 15) is 9.59 Å². The number of anilines is 2. The number of carbonyl (C=O) groups is 2. The first-order chi connectivity index (χ1) is 13.2. The van der Waals surface area contributed by atoms with Gasteiger partial charge in [-0.3, -0.25) is 9.59 Å². The first kappa shape index (κ1) is 17.5. The van der Waals surface area contributed by atoms with Crippen LogP contribution in [0.2, 0.25) is 0 Å². The van der Waals surface area contributed by atoms with Crippen LogP contribution in [-0.4, -0.2) is 47.9 Å². The van der Waals surface area contributed by atoms with Crippen molar-refractivity contribution in [2.45, 2.75) is 19.3 Å². The van der Waals surface area contributed by atoms with Crippen molar-refractivity contribution in [2.75, 3.05) is 36.4 Å².